The highest BCUT2D eigenvalue weighted by Crippen LogP contribution is 2.34. The zero-order valence-corrected chi connectivity index (χ0v) is 24.8. The lowest BCUT2D eigenvalue weighted by atomic mass is 9.83. The lowest BCUT2D eigenvalue weighted by Gasteiger charge is -2.46. The van der Waals surface area contributed by atoms with Gasteiger partial charge in [0.15, 0.2) is 25.0 Å². The third kappa shape index (κ3) is 8.42. The van der Waals surface area contributed by atoms with E-state index in [1.165, 1.54) is 0 Å². The number of nitrogens with one attached hydrogen (secondary N) is 1. The van der Waals surface area contributed by atoms with Crippen molar-refractivity contribution in [3.63, 3.8) is 0 Å². The van der Waals surface area contributed by atoms with Gasteiger partial charge in [-0.2, -0.15) is 0 Å². The number of aliphatic hydroxyl groups excluding tert-OH is 4. The number of amides is 1. The molecule has 0 aromatic heterocycles. The number of carbonyl (C=O) groups excluding carboxylic acids is 1. The monoisotopic (exact) mass is 658 g/mol. The zero-order valence-electron chi connectivity index (χ0n) is 24.8. The summed E-state index contributed by atoms with van der Waals surface area (Å²) in [6.45, 7) is -1.32. The van der Waals surface area contributed by atoms with Crippen LogP contribution in [0.25, 0.3) is 0 Å². The van der Waals surface area contributed by atoms with E-state index in [4.69, 9.17) is 57.1 Å². The molecule has 19 heteroatoms. The van der Waals surface area contributed by atoms with Crippen molar-refractivity contribution >= 4 is 5.91 Å². The normalized spacial score (nSPS) is 43.6. The first-order chi connectivity index (χ1) is 21.3. The predicted octanol–water partition coefficient (Wildman–Crippen LogP) is -4.99. The Morgan fingerprint density at radius 3 is 2.22 bits per heavy atom. The summed E-state index contributed by atoms with van der Waals surface area (Å²) in [5.74, 6) is -5.44. The van der Waals surface area contributed by atoms with Crippen LogP contribution in [-0.2, 0) is 33.2 Å². The maximum atomic E-state index is 13.9. The Labute approximate surface area is 258 Å². The molecule has 0 aromatic carbocycles. The molecule has 4 fully saturated rings. The van der Waals surface area contributed by atoms with Crippen molar-refractivity contribution in [1.82, 2.24) is 5.32 Å². The first-order valence-electron chi connectivity index (χ1n) is 15.2. The SMILES string of the molecule is NC[C@@H]1CC[C@@H](N)[C@@H](O[C@H]2[C@H](O[C@@H]3O[C@H](CO)[C@@H](O[C@H]4OCCC[C@H]4N)[C@H]3O)[C@@H](O)C(NC(=O)[C@H](O)C(F)(F)CN)C[C@@H]2N)O1. The lowest BCUT2D eigenvalue weighted by Crippen LogP contribution is -2.67. The van der Waals surface area contributed by atoms with Gasteiger partial charge in [0.1, 0.15) is 36.6 Å². The second kappa shape index (κ2) is 15.8. The minimum absolute atomic E-state index is 0.191. The van der Waals surface area contributed by atoms with Crippen LogP contribution in [0.1, 0.15) is 32.1 Å². The first-order valence-corrected chi connectivity index (χ1v) is 15.2. The molecule has 1 amide bonds. The Balaban J connectivity index is 1.55. The molecule has 0 aromatic rings. The summed E-state index contributed by atoms with van der Waals surface area (Å²) in [6.07, 6.45) is -12.6. The van der Waals surface area contributed by atoms with Gasteiger partial charge in [-0.3, -0.25) is 4.79 Å². The molecule has 3 heterocycles. The largest absolute Gasteiger partial charge is 0.394 e. The maximum Gasteiger partial charge on any atom is 0.294 e. The molecule has 45 heavy (non-hydrogen) atoms. The second-order valence-corrected chi connectivity index (χ2v) is 12.0. The Morgan fingerprint density at radius 1 is 0.911 bits per heavy atom. The van der Waals surface area contributed by atoms with E-state index in [1.807, 2.05) is 0 Å². The van der Waals surface area contributed by atoms with Crippen LogP contribution in [0, 0.1) is 0 Å². The molecule has 1 saturated carbocycles. The molecule has 15 N–H and O–H groups in total. The summed E-state index contributed by atoms with van der Waals surface area (Å²) in [4.78, 5) is 12.5. The van der Waals surface area contributed by atoms with Gasteiger partial charge < -0.3 is 82.8 Å². The summed E-state index contributed by atoms with van der Waals surface area (Å²) in [7, 11) is 0. The van der Waals surface area contributed by atoms with Crippen LogP contribution in [-0.4, -0.2) is 150 Å². The van der Waals surface area contributed by atoms with E-state index in [1.54, 1.807) is 0 Å². The molecular weight excluding hydrogens is 610 g/mol. The first kappa shape index (κ1) is 36.6. The molecule has 1 aliphatic carbocycles. The lowest BCUT2D eigenvalue weighted by molar-refractivity contribution is -0.288. The molecule has 17 nitrogen and oxygen atoms in total. The second-order valence-electron chi connectivity index (χ2n) is 12.0. The number of alkyl halides is 2. The molecule has 4 aliphatic rings. The van der Waals surface area contributed by atoms with Gasteiger partial charge in [-0.25, -0.2) is 8.78 Å². The van der Waals surface area contributed by atoms with Gasteiger partial charge in [0.2, 0.25) is 0 Å². The van der Waals surface area contributed by atoms with Gasteiger partial charge in [-0.05, 0) is 32.1 Å². The van der Waals surface area contributed by atoms with Crippen molar-refractivity contribution in [3.05, 3.63) is 0 Å². The maximum absolute atomic E-state index is 13.9. The topological polar surface area (TPSA) is 296 Å². The molecule has 3 aliphatic heterocycles. The van der Waals surface area contributed by atoms with Crippen LogP contribution in [0.5, 0.6) is 0 Å². The summed E-state index contributed by atoms with van der Waals surface area (Å²) in [5, 5.41) is 44.6. The zero-order chi connectivity index (χ0) is 33.1. The van der Waals surface area contributed by atoms with Gasteiger partial charge in [-0.1, -0.05) is 0 Å². The number of hydrogen-bond donors (Lipinski definition) is 10. The molecule has 1 unspecified atom stereocenters. The van der Waals surface area contributed by atoms with Gasteiger partial charge in [0.25, 0.3) is 11.8 Å². The van der Waals surface area contributed by atoms with Crippen molar-refractivity contribution in [2.45, 2.75) is 130 Å². The fourth-order valence-electron chi connectivity index (χ4n) is 5.97. The van der Waals surface area contributed by atoms with Crippen LogP contribution in [0.3, 0.4) is 0 Å². The fourth-order valence-corrected chi connectivity index (χ4v) is 5.97. The van der Waals surface area contributed by atoms with E-state index in [0.29, 0.717) is 25.9 Å². The Bertz CT molecular complexity index is 965. The third-order valence-corrected chi connectivity index (χ3v) is 8.69. The number of carbonyl (C=O) groups is 1. The molecule has 0 bridgehead atoms. The standard InChI is InChI=1S/C26H48F2N6O11/c27-26(28,9-30)21(38)22(39)34-14-6-13(33)18(43-24-12(32)4-3-10(7-29)41-24)20(16(14)36)45-25-17(37)19(15(8-35)42-25)44-23-11(31)2-1-5-40-23/h10-21,23-25,35-38H,1-9,29-33H2,(H,34,39)/t10-,11+,12+,13-,14?,15+,16-,17+,18+,19+,20+,21-,23+,24+,25-/m0/s1. The Morgan fingerprint density at radius 2 is 1.58 bits per heavy atom. The van der Waals surface area contributed by atoms with Gasteiger partial charge in [0.05, 0.1) is 37.4 Å². The highest BCUT2D eigenvalue weighted by atomic mass is 19.3. The van der Waals surface area contributed by atoms with Crippen molar-refractivity contribution in [2.24, 2.45) is 28.7 Å². The molecule has 15 atom stereocenters. The molecule has 0 spiro atoms. The van der Waals surface area contributed by atoms with Crippen LogP contribution >= 0.6 is 0 Å². The molecule has 0 radical (unpaired) electrons. The number of aliphatic hydroxyl groups is 4. The van der Waals surface area contributed by atoms with Crippen molar-refractivity contribution in [2.75, 3.05) is 26.3 Å². The number of halogens is 2. The minimum atomic E-state index is -3.94. The number of hydrogen-bond acceptors (Lipinski definition) is 16. The van der Waals surface area contributed by atoms with E-state index in [-0.39, 0.29) is 19.1 Å². The smallest absolute Gasteiger partial charge is 0.294 e. The molecule has 3 saturated heterocycles. The van der Waals surface area contributed by atoms with Crippen LogP contribution < -0.4 is 34.0 Å². The molecule has 262 valence electrons. The summed E-state index contributed by atoms with van der Waals surface area (Å²) in [6, 6.07) is -3.46. The van der Waals surface area contributed by atoms with Gasteiger partial charge >= 0.3 is 0 Å². The third-order valence-electron chi connectivity index (χ3n) is 8.69. The average Bonchev–Trinajstić information content (AvgIpc) is 3.32. The minimum Gasteiger partial charge on any atom is -0.394 e. The van der Waals surface area contributed by atoms with E-state index in [2.05, 4.69) is 5.32 Å². The van der Waals surface area contributed by atoms with Crippen molar-refractivity contribution < 1.29 is 62.4 Å². The highest BCUT2D eigenvalue weighted by molar-refractivity contribution is 5.82. The van der Waals surface area contributed by atoms with E-state index >= 15 is 0 Å². The molecule has 4 rings (SSSR count). The van der Waals surface area contributed by atoms with Crippen LogP contribution in [0.15, 0.2) is 0 Å². The number of nitrogens with two attached hydrogens (primary N) is 5. The number of ether oxygens (including phenoxy) is 6. The van der Waals surface area contributed by atoms with E-state index < -0.39 is 111 Å². The van der Waals surface area contributed by atoms with Gasteiger partial charge in [-0.15, -0.1) is 0 Å². The van der Waals surface area contributed by atoms with Crippen molar-refractivity contribution in [1.29, 1.82) is 0 Å². The van der Waals surface area contributed by atoms with E-state index in [0.717, 1.165) is 6.42 Å². The predicted molar refractivity (Wildman–Crippen MR) is 149 cm³/mol. The number of rotatable bonds is 12. The highest BCUT2D eigenvalue weighted by Gasteiger charge is 2.53. The molecular formula is C26H48F2N6O11. The van der Waals surface area contributed by atoms with Crippen molar-refractivity contribution in [3.8, 4) is 0 Å². The van der Waals surface area contributed by atoms with Crippen LogP contribution in [0.2, 0.25) is 0 Å². The Kier molecular flexibility index (Phi) is 12.8. The Hall–Kier alpha value is -1.27. The van der Waals surface area contributed by atoms with Gasteiger partial charge in [0, 0.05) is 19.2 Å². The quantitative estimate of drug-likeness (QED) is 0.0939. The fraction of sp³-hybridized carbons (Fsp3) is 0.962. The summed E-state index contributed by atoms with van der Waals surface area (Å²) in [5.41, 5.74) is 29.5. The summed E-state index contributed by atoms with van der Waals surface area (Å²) >= 11 is 0. The summed E-state index contributed by atoms with van der Waals surface area (Å²) < 4.78 is 63.1. The average molecular weight is 659 g/mol. The van der Waals surface area contributed by atoms with E-state index in [9.17, 15) is 34.0 Å². The van der Waals surface area contributed by atoms with Crippen LogP contribution in [0.4, 0.5) is 8.78 Å².